The summed E-state index contributed by atoms with van der Waals surface area (Å²) in [6.07, 6.45) is 12.7. The molecule has 0 aliphatic heterocycles. The number of hydrogen-bond donors (Lipinski definition) is 3. The van der Waals surface area contributed by atoms with E-state index in [4.69, 9.17) is 5.73 Å². The first-order valence-corrected chi connectivity index (χ1v) is 12.7. The van der Waals surface area contributed by atoms with E-state index < -0.39 is 0 Å². The van der Waals surface area contributed by atoms with Crippen molar-refractivity contribution in [2.24, 2.45) is 5.73 Å². The van der Waals surface area contributed by atoms with Gasteiger partial charge in [-0.25, -0.2) is 14.6 Å². The summed E-state index contributed by atoms with van der Waals surface area (Å²) in [7, 11) is 0. The molecule has 0 aliphatic carbocycles. The molecule has 194 valence electrons. The van der Waals surface area contributed by atoms with Gasteiger partial charge in [0, 0.05) is 31.2 Å². The normalized spacial score (nSPS) is 12.0. The van der Waals surface area contributed by atoms with Crippen LogP contribution < -0.4 is 11.1 Å². The van der Waals surface area contributed by atoms with Crippen molar-refractivity contribution >= 4 is 17.5 Å². The van der Waals surface area contributed by atoms with Crippen LogP contribution in [0.3, 0.4) is 0 Å². The lowest BCUT2D eigenvalue weighted by Gasteiger charge is -2.17. The quantitative estimate of drug-likeness (QED) is 0.220. The Bertz CT molecular complexity index is 1500. The zero-order chi connectivity index (χ0) is 26.3. The van der Waals surface area contributed by atoms with E-state index in [1.54, 1.807) is 23.3 Å². The van der Waals surface area contributed by atoms with Gasteiger partial charge in [-0.05, 0) is 48.7 Å². The summed E-state index contributed by atoms with van der Waals surface area (Å²) in [5.41, 5.74) is 9.70. The first-order chi connectivity index (χ1) is 18.6. The van der Waals surface area contributed by atoms with Crippen LogP contribution in [0.2, 0.25) is 0 Å². The lowest BCUT2D eigenvalue weighted by Crippen LogP contribution is -2.31. The Morgan fingerprint density at radius 2 is 1.84 bits per heavy atom. The van der Waals surface area contributed by atoms with E-state index in [-0.39, 0.29) is 24.3 Å². The molecule has 0 radical (unpaired) electrons. The SMILES string of the molecule is NC(=O)CCCCC[C@H](NC(=O)Cc1cnc2ccccn12)c1ncc(-c2ccc(-n3cccn3)cc2)[nH]1. The molecule has 5 aromatic rings. The van der Waals surface area contributed by atoms with Crippen molar-refractivity contribution in [3.63, 3.8) is 0 Å². The van der Waals surface area contributed by atoms with Gasteiger partial charge >= 0.3 is 0 Å². The van der Waals surface area contributed by atoms with Crippen LogP contribution in [0.15, 0.2) is 79.5 Å². The van der Waals surface area contributed by atoms with Crippen molar-refractivity contribution in [3.8, 4) is 16.9 Å². The molecule has 5 rings (SSSR count). The molecular formula is C28H30N8O2. The second kappa shape index (κ2) is 11.5. The fourth-order valence-electron chi connectivity index (χ4n) is 4.50. The minimum atomic E-state index is -0.299. The van der Waals surface area contributed by atoms with Gasteiger partial charge in [0.1, 0.15) is 11.5 Å². The molecule has 0 bridgehead atoms. The highest BCUT2D eigenvalue weighted by atomic mass is 16.2. The number of nitrogens with two attached hydrogens (primary N) is 1. The average molecular weight is 511 g/mol. The number of benzene rings is 1. The van der Waals surface area contributed by atoms with Crippen LogP contribution >= 0.6 is 0 Å². The minimum absolute atomic E-state index is 0.112. The number of H-pyrrole nitrogens is 1. The summed E-state index contributed by atoms with van der Waals surface area (Å²) in [6, 6.07) is 15.3. The maximum atomic E-state index is 13.1. The first-order valence-electron chi connectivity index (χ1n) is 12.7. The van der Waals surface area contributed by atoms with Gasteiger partial charge in [-0.1, -0.05) is 31.0 Å². The molecule has 1 aromatic carbocycles. The number of carbonyl (C=O) groups excluding carboxylic acids is 2. The number of pyridine rings is 1. The van der Waals surface area contributed by atoms with Gasteiger partial charge < -0.3 is 20.4 Å². The van der Waals surface area contributed by atoms with Crippen LogP contribution in [-0.4, -0.2) is 40.9 Å². The Kier molecular flexibility index (Phi) is 7.58. The molecular weight excluding hydrogens is 480 g/mol. The van der Waals surface area contributed by atoms with Crippen molar-refractivity contribution in [2.45, 2.75) is 44.6 Å². The van der Waals surface area contributed by atoms with E-state index in [2.05, 4.69) is 25.4 Å². The zero-order valence-corrected chi connectivity index (χ0v) is 21.0. The number of aromatic nitrogens is 6. The predicted molar refractivity (Wildman–Crippen MR) is 143 cm³/mol. The summed E-state index contributed by atoms with van der Waals surface area (Å²) >= 11 is 0. The van der Waals surface area contributed by atoms with Crippen LogP contribution in [-0.2, 0) is 16.0 Å². The van der Waals surface area contributed by atoms with Gasteiger partial charge in [0.15, 0.2) is 0 Å². The highest BCUT2D eigenvalue weighted by Gasteiger charge is 2.19. The van der Waals surface area contributed by atoms with Gasteiger partial charge in [-0.3, -0.25) is 9.59 Å². The molecule has 38 heavy (non-hydrogen) atoms. The number of carbonyl (C=O) groups is 2. The van der Waals surface area contributed by atoms with Crippen molar-refractivity contribution < 1.29 is 9.59 Å². The minimum Gasteiger partial charge on any atom is -0.370 e. The maximum Gasteiger partial charge on any atom is 0.226 e. The van der Waals surface area contributed by atoms with Gasteiger partial charge in [-0.15, -0.1) is 0 Å². The Labute approximate surface area is 219 Å². The van der Waals surface area contributed by atoms with Crippen molar-refractivity contribution in [2.75, 3.05) is 0 Å². The van der Waals surface area contributed by atoms with E-state index in [0.717, 1.165) is 47.5 Å². The molecule has 0 unspecified atom stereocenters. The summed E-state index contributed by atoms with van der Waals surface area (Å²) in [5.74, 6) is 0.286. The third kappa shape index (κ3) is 5.97. The molecule has 0 saturated heterocycles. The Morgan fingerprint density at radius 1 is 0.974 bits per heavy atom. The van der Waals surface area contributed by atoms with Gasteiger partial charge in [-0.2, -0.15) is 5.10 Å². The molecule has 1 atom stereocenters. The number of aromatic amines is 1. The fourth-order valence-corrected chi connectivity index (χ4v) is 4.50. The van der Waals surface area contributed by atoms with Crippen LogP contribution in [0.25, 0.3) is 22.6 Å². The highest BCUT2D eigenvalue weighted by molar-refractivity contribution is 5.79. The molecule has 0 spiro atoms. The summed E-state index contributed by atoms with van der Waals surface area (Å²) in [6.45, 7) is 0. The number of primary amides is 1. The number of hydrogen-bond acceptors (Lipinski definition) is 5. The Hall–Kier alpha value is -4.73. The summed E-state index contributed by atoms with van der Waals surface area (Å²) < 4.78 is 3.71. The van der Waals surface area contributed by atoms with E-state index in [0.29, 0.717) is 18.7 Å². The van der Waals surface area contributed by atoms with Crippen molar-refractivity contribution in [1.82, 2.24) is 34.4 Å². The van der Waals surface area contributed by atoms with Crippen LogP contribution in [0.4, 0.5) is 0 Å². The number of fused-ring (bicyclic) bond motifs is 1. The zero-order valence-electron chi connectivity index (χ0n) is 21.0. The van der Waals surface area contributed by atoms with Gasteiger partial charge in [0.05, 0.1) is 35.7 Å². The van der Waals surface area contributed by atoms with Gasteiger partial charge in [0.2, 0.25) is 11.8 Å². The van der Waals surface area contributed by atoms with E-state index >= 15 is 0 Å². The van der Waals surface area contributed by atoms with Crippen LogP contribution in [0.1, 0.15) is 49.7 Å². The summed E-state index contributed by atoms with van der Waals surface area (Å²) in [4.78, 5) is 36.5. The molecule has 0 fully saturated rings. The molecule has 2 amide bonds. The lowest BCUT2D eigenvalue weighted by molar-refractivity contribution is -0.121. The topological polar surface area (TPSA) is 136 Å². The third-order valence-corrected chi connectivity index (χ3v) is 6.46. The molecule has 0 aliphatic rings. The number of nitrogens with zero attached hydrogens (tertiary/aromatic N) is 5. The highest BCUT2D eigenvalue weighted by Crippen LogP contribution is 2.24. The monoisotopic (exact) mass is 510 g/mol. The number of unbranched alkanes of at least 4 members (excludes halogenated alkanes) is 2. The number of nitrogens with one attached hydrogen (secondary N) is 2. The maximum absolute atomic E-state index is 13.1. The number of rotatable bonds is 12. The lowest BCUT2D eigenvalue weighted by atomic mass is 10.1. The average Bonchev–Trinajstić information content (AvgIpc) is 3.70. The fraction of sp³-hybridized carbons (Fsp3) is 0.250. The largest absolute Gasteiger partial charge is 0.370 e. The van der Waals surface area contributed by atoms with Crippen molar-refractivity contribution in [1.29, 1.82) is 0 Å². The number of imidazole rings is 2. The molecule has 10 heteroatoms. The number of amides is 2. The molecule has 4 heterocycles. The van der Waals surface area contributed by atoms with Crippen molar-refractivity contribution in [3.05, 3.63) is 91.0 Å². The molecule has 4 N–H and O–H groups in total. The van der Waals surface area contributed by atoms with Crippen LogP contribution in [0.5, 0.6) is 0 Å². The Balaban J connectivity index is 1.29. The van der Waals surface area contributed by atoms with E-state index in [1.807, 2.05) is 65.3 Å². The summed E-state index contributed by atoms with van der Waals surface area (Å²) in [5, 5.41) is 7.41. The Morgan fingerprint density at radius 3 is 2.63 bits per heavy atom. The van der Waals surface area contributed by atoms with E-state index in [1.165, 1.54) is 0 Å². The molecule has 10 nitrogen and oxygen atoms in total. The first kappa shape index (κ1) is 24.9. The smallest absolute Gasteiger partial charge is 0.226 e. The second-order valence-corrected chi connectivity index (χ2v) is 9.22. The van der Waals surface area contributed by atoms with Crippen LogP contribution in [0, 0.1) is 0 Å². The third-order valence-electron chi connectivity index (χ3n) is 6.46. The standard InChI is InChI=1S/C28H30N8O2/c29-25(37)8-3-1-2-7-23(33-27(38)17-22-18-30-26-9-4-5-15-35(22)26)28-31-19-24(34-28)20-10-12-21(13-11-20)36-16-6-14-32-36/h4-6,9-16,18-19,23H,1-3,7-8,17H2,(H2,29,37)(H,31,34)(H,33,38)/t23-/m0/s1. The van der Waals surface area contributed by atoms with Gasteiger partial charge in [0.25, 0.3) is 0 Å². The van der Waals surface area contributed by atoms with E-state index in [9.17, 15) is 9.59 Å². The molecule has 4 aromatic heterocycles. The predicted octanol–water partition coefficient (Wildman–Crippen LogP) is 3.75. The molecule has 0 saturated carbocycles. The second-order valence-electron chi connectivity index (χ2n) is 9.22.